The van der Waals surface area contributed by atoms with Gasteiger partial charge in [-0.1, -0.05) is 48.5 Å². The van der Waals surface area contributed by atoms with Crippen LogP contribution in [0.2, 0.25) is 0 Å². The van der Waals surface area contributed by atoms with E-state index in [-0.39, 0.29) is 6.42 Å². The summed E-state index contributed by atoms with van der Waals surface area (Å²) in [5.74, 6) is -1.14. The molecular formula is C19H19N3O3. The molecule has 0 aliphatic carbocycles. The van der Waals surface area contributed by atoms with Crippen molar-refractivity contribution in [2.45, 2.75) is 18.6 Å². The topological polar surface area (TPSA) is 105 Å². The first-order chi connectivity index (χ1) is 12.1. The van der Waals surface area contributed by atoms with Crippen LogP contribution in [0.4, 0.5) is 0 Å². The number of carbonyl (C=O) groups is 2. The number of methoxy groups -OCH3 is 1. The van der Waals surface area contributed by atoms with Crippen molar-refractivity contribution < 1.29 is 14.3 Å². The lowest BCUT2D eigenvalue weighted by Crippen LogP contribution is -2.47. The number of rotatable bonds is 7. The number of amides is 2. The highest BCUT2D eigenvalue weighted by Gasteiger charge is 2.26. The van der Waals surface area contributed by atoms with Crippen molar-refractivity contribution in [1.82, 2.24) is 5.32 Å². The minimum atomic E-state index is -0.941. The molecule has 0 unspecified atom stereocenters. The smallest absolute Gasteiger partial charge is 0.254 e. The highest BCUT2D eigenvalue weighted by molar-refractivity contribution is 5.89. The summed E-state index contributed by atoms with van der Waals surface area (Å²) in [5, 5.41) is 11.8. The van der Waals surface area contributed by atoms with Crippen LogP contribution in [0.5, 0.6) is 0 Å². The monoisotopic (exact) mass is 337 g/mol. The molecule has 6 heteroatoms. The number of ether oxygens (including phenoxy) is 1. The minimum absolute atomic E-state index is 0.135. The molecule has 0 aliphatic heterocycles. The van der Waals surface area contributed by atoms with Crippen LogP contribution in [0.15, 0.2) is 54.6 Å². The molecule has 0 fully saturated rings. The van der Waals surface area contributed by atoms with Gasteiger partial charge in [0.05, 0.1) is 11.6 Å². The molecule has 2 aromatic rings. The lowest BCUT2D eigenvalue weighted by atomic mass is 10.00. The molecule has 0 spiro atoms. The van der Waals surface area contributed by atoms with Crippen LogP contribution in [-0.2, 0) is 20.7 Å². The zero-order valence-electron chi connectivity index (χ0n) is 13.8. The number of nitrogens with two attached hydrogens (primary N) is 1. The van der Waals surface area contributed by atoms with Crippen LogP contribution in [0.3, 0.4) is 0 Å². The maximum atomic E-state index is 12.5. The lowest BCUT2D eigenvalue weighted by molar-refractivity contribution is -0.134. The number of nitriles is 1. The van der Waals surface area contributed by atoms with Crippen molar-refractivity contribution in [2.24, 2.45) is 5.73 Å². The van der Waals surface area contributed by atoms with Gasteiger partial charge >= 0.3 is 0 Å². The van der Waals surface area contributed by atoms with Gasteiger partial charge in [0.15, 0.2) is 6.10 Å². The number of carbonyl (C=O) groups excluding carboxylic acids is 2. The van der Waals surface area contributed by atoms with E-state index in [1.54, 1.807) is 48.5 Å². The molecule has 0 radical (unpaired) electrons. The Hall–Kier alpha value is -3.17. The Kier molecular flexibility index (Phi) is 6.26. The molecule has 25 heavy (non-hydrogen) atoms. The van der Waals surface area contributed by atoms with Crippen LogP contribution in [-0.4, -0.2) is 25.0 Å². The Labute approximate surface area is 146 Å². The van der Waals surface area contributed by atoms with Gasteiger partial charge in [-0.25, -0.2) is 0 Å². The number of hydrogen-bond donors (Lipinski definition) is 2. The Bertz CT molecular complexity index is 784. The van der Waals surface area contributed by atoms with E-state index in [0.717, 1.165) is 0 Å². The van der Waals surface area contributed by atoms with Crippen LogP contribution in [0.25, 0.3) is 0 Å². The summed E-state index contributed by atoms with van der Waals surface area (Å²) in [4.78, 5) is 24.3. The van der Waals surface area contributed by atoms with Gasteiger partial charge in [0.1, 0.15) is 6.04 Å². The fourth-order valence-corrected chi connectivity index (χ4v) is 2.52. The van der Waals surface area contributed by atoms with Gasteiger partial charge in [-0.3, -0.25) is 9.59 Å². The van der Waals surface area contributed by atoms with Crippen LogP contribution in [0, 0.1) is 11.3 Å². The van der Waals surface area contributed by atoms with Gasteiger partial charge in [0, 0.05) is 13.5 Å². The molecule has 0 saturated carbocycles. The first-order valence-corrected chi connectivity index (χ1v) is 7.72. The molecule has 128 valence electrons. The molecule has 0 aliphatic rings. The third-order valence-corrected chi connectivity index (χ3v) is 3.80. The predicted octanol–water partition coefficient (Wildman–Crippen LogP) is 1.46. The fourth-order valence-electron chi connectivity index (χ4n) is 2.52. The molecule has 2 aromatic carbocycles. The van der Waals surface area contributed by atoms with Gasteiger partial charge in [-0.15, -0.1) is 0 Å². The van der Waals surface area contributed by atoms with Crippen molar-refractivity contribution in [2.75, 3.05) is 7.11 Å². The number of benzene rings is 2. The summed E-state index contributed by atoms with van der Waals surface area (Å²) >= 11 is 0. The molecule has 2 rings (SSSR count). The van der Waals surface area contributed by atoms with Gasteiger partial charge in [0.2, 0.25) is 5.91 Å². The van der Waals surface area contributed by atoms with Crippen molar-refractivity contribution in [3.05, 3.63) is 71.3 Å². The second-order valence-electron chi connectivity index (χ2n) is 5.46. The lowest BCUT2D eigenvalue weighted by Gasteiger charge is -2.20. The van der Waals surface area contributed by atoms with Gasteiger partial charge in [0.25, 0.3) is 5.91 Å². The van der Waals surface area contributed by atoms with Crippen molar-refractivity contribution in [1.29, 1.82) is 5.26 Å². The maximum absolute atomic E-state index is 12.5. The average molecular weight is 337 g/mol. The molecule has 6 nitrogen and oxygen atoms in total. The summed E-state index contributed by atoms with van der Waals surface area (Å²) in [6.07, 6.45) is -0.718. The van der Waals surface area contributed by atoms with Crippen LogP contribution < -0.4 is 11.1 Å². The fraction of sp³-hybridized carbons (Fsp3) is 0.211. The zero-order chi connectivity index (χ0) is 18.2. The van der Waals surface area contributed by atoms with Crippen molar-refractivity contribution in [3.8, 4) is 6.07 Å². The zero-order valence-corrected chi connectivity index (χ0v) is 13.8. The first kappa shape index (κ1) is 18.2. The molecule has 3 N–H and O–H groups in total. The summed E-state index contributed by atoms with van der Waals surface area (Å²) in [7, 11) is 1.42. The Morgan fingerprint density at radius 1 is 1.16 bits per heavy atom. The summed E-state index contributed by atoms with van der Waals surface area (Å²) in [6, 6.07) is 16.9. The Morgan fingerprint density at radius 3 is 2.40 bits per heavy atom. The Morgan fingerprint density at radius 2 is 1.80 bits per heavy atom. The molecule has 0 bridgehead atoms. The predicted molar refractivity (Wildman–Crippen MR) is 92.2 cm³/mol. The second-order valence-corrected chi connectivity index (χ2v) is 5.46. The van der Waals surface area contributed by atoms with Crippen LogP contribution >= 0.6 is 0 Å². The average Bonchev–Trinajstić information content (AvgIpc) is 2.63. The molecule has 0 heterocycles. The largest absolute Gasteiger partial charge is 0.368 e. The first-order valence-electron chi connectivity index (χ1n) is 7.72. The summed E-state index contributed by atoms with van der Waals surface area (Å²) in [5.41, 5.74) is 7.18. The third-order valence-electron chi connectivity index (χ3n) is 3.80. The highest BCUT2D eigenvalue weighted by Crippen LogP contribution is 2.17. The summed E-state index contributed by atoms with van der Waals surface area (Å²) in [6.45, 7) is 0. The summed E-state index contributed by atoms with van der Waals surface area (Å²) < 4.78 is 5.26. The standard InChI is InChI=1S/C19H19N3O3/c1-25-17(13-7-3-2-4-8-13)19(24)22-16(18(21)23)11-14-9-5-6-10-15(14)12-20/h2-10,16-17H,11H2,1H3,(H2,21,23)(H,22,24)/t16-,17+/m1/s1. The van der Waals surface area contributed by atoms with E-state index in [9.17, 15) is 9.59 Å². The third kappa shape index (κ3) is 4.66. The Balaban J connectivity index is 2.17. The molecule has 2 atom stereocenters. The SMILES string of the molecule is CO[C@H](C(=O)N[C@H](Cc1ccccc1C#N)C(N)=O)c1ccccc1. The molecular weight excluding hydrogens is 318 g/mol. The normalized spacial score (nSPS) is 12.6. The van der Waals surface area contributed by atoms with E-state index in [1.165, 1.54) is 7.11 Å². The van der Waals surface area contributed by atoms with Crippen molar-refractivity contribution in [3.63, 3.8) is 0 Å². The molecule has 0 aromatic heterocycles. The van der Waals surface area contributed by atoms with E-state index in [4.69, 9.17) is 15.7 Å². The van der Waals surface area contributed by atoms with Gasteiger partial charge < -0.3 is 15.8 Å². The molecule has 2 amide bonds. The van der Waals surface area contributed by atoms with Crippen molar-refractivity contribution >= 4 is 11.8 Å². The van der Waals surface area contributed by atoms with E-state index >= 15 is 0 Å². The van der Waals surface area contributed by atoms with Gasteiger partial charge in [-0.05, 0) is 17.2 Å². The second kappa shape index (κ2) is 8.62. The van der Waals surface area contributed by atoms with E-state index < -0.39 is 24.0 Å². The van der Waals surface area contributed by atoms with E-state index in [0.29, 0.717) is 16.7 Å². The highest BCUT2D eigenvalue weighted by atomic mass is 16.5. The van der Waals surface area contributed by atoms with Gasteiger partial charge in [-0.2, -0.15) is 5.26 Å². The minimum Gasteiger partial charge on any atom is -0.368 e. The quantitative estimate of drug-likeness (QED) is 0.798. The number of primary amides is 1. The maximum Gasteiger partial charge on any atom is 0.254 e. The number of nitrogens with zero attached hydrogens (tertiary/aromatic N) is 1. The van der Waals surface area contributed by atoms with Crippen LogP contribution in [0.1, 0.15) is 22.8 Å². The molecule has 0 saturated heterocycles. The number of nitrogens with one attached hydrogen (secondary N) is 1. The number of hydrogen-bond acceptors (Lipinski definition) is 4. The van der Waals surface area contributed by atoms with E-state index in [1.807, 2.05) is 6.07 Å². The van der Waals surface area contributed by atoms with E-state index in [2.05, 4.69) is 11.4 Å².